The number of ether oxygens (including phenoxy) is 1. The summed E-state index contributed by atoms with van der Waals surface area (Å²) in [7, 11) is 0. The van der Waals surface area contributed by atoms with Crippen LogP contribution >= 0.6 is 0 Å². The fraction of sp³-hybridized carbons (Fsp3) is 0.667. The smallest absolute Gasteiger partial charge is 0.330 e. The summed E-state index contributed by atoms with van der Waals surface area (Å²) < 4.78 is 7.14. The van der Waals surface area contributed by atoms with Gasteiger partial charge in [0.25, 0.3) is 5.56 Å². The van der Waals surface area contributed by atoms with Crippen molar-refractivity contribution in [3.05, 3.63) is 32.6 Å². The van der Waals surface area contributed by atoms with Crippen LogP contribution in [0.15, 0.2) is 15.8 Å². The zero-order valence-corrected chi connectivity index (χ0v) is 10.5. The van der Waals surface area contributed by atoms with Gasteiger partial charge in [0.15, 0.2) is 0 Å². The summed E-state index contributed by atoms with van der Waals surface area (Å²) in [6, 6.07) is 0. The van der Waals surface area contributed by atoms with Crippen molar-refractivity contribution in [2.24, 2.45) is 5.73 Å². The summed E-state index contributed by atoms with van der Waals surface area (Å²) in [4.78, 5) is 25.7. The molecule has 6 heteroatoms. The quantitative estimate of drug-likeness (QED) is 0.797. The molecule has 0 unspecified atom stereocenters. The molecule has 0 radical (unpaired) electrons. The van der Waals surface area contributed by atoms with Crippen molar-refractivity contribution < 1.29 is 4.74 Å². The number of rotatable bonds is 4. The van der Waals surface area contributed by atoms with Crippen molar-refractivity contribution in [3.8, 4) is 0 Å². The molecule has 0 bridgehead atoms. The highest BCUT2D eigenvalue weighted by Gasteiger charge is 2.26. The first-order valence-electron chi connectivity index (χ1n) is 6.35. The molecule has 0 saturated carbocycles. The molecular weight excluding hydrogens is 234 g/mol. The number of aromatic amines is 1. The lowest BCUT2D eigenvalue weighted by Crippen LogP contribution is -2.34. The number of H-pyrrole nitrogens is 1. The highest BCUT2D eigenvalue weighted by molar-refractivity contribution is 5.05. The van der Waals surface area contributed by atoms with Gasteiger partial charge in [0.1, 0.15) is 6.23 Å². The summed E-state index contributed by atoms with van der Waals surface area (Å²) in [5, 5.41) is 0. The lowest BCUT2D eigenvalue weighted by atomic mass is 10.2. The number of hydrogen-bond acceptors (Lipinski definition) is 4. The van der Waals surface area contributed by atoms with Crippen LogP contribution in [0.5, 0.6) is 0 Å². The Morgan fingerprint density at radius 1 is 1.50 bits per heavy atom. The highest BCUT2D eigenvalue weighted by atomic mass is 16.5. The fourth-order valence-electron chi connectivity index (χ4n) is 2.25. The van der Waals surface area contributed by atoms with E-state index in [4.69, 9.17) is 10.5 Å². The van der Waals surface area contributed by atoms with Gasteiger partial charge in [0, 0.05) is 18.3 Å². The van der Waals surface area contributed by atoms with Gasteiger partial charge in [-0.25, -0.2) is 4.79 Å². The Hall–Kier alpha value is -1.40. The van der Waals surface area contributed by atoms with Crippen LogP contribution in [0.2, 0.25) is 0 Å². The molecule has 2 heterocycles. The molecule has 6 nitrogen and oxygen atoms in total. The van der Waals surface area contributed by atoms with E-state index < -0.39 is 5.69 Å². The van der Waals surface area contributed by atoms with E-state index in [1.165, 1.54) is 4.57 Å². The fourth-order valence-corrected chi connectivity index (χ4v) is 2.25. The molecule has 2 atom stereocenters. The molecule has 1 aliphatic heterocycles. The van der Waals surface area contributed by atoms with E-state index in [1.807, 2.05) is 6.92 Å². The van der Waals surface area contributed by atoms with Crippen molar-refractivity contribution in [2.75, 3.05) is 6.54 Å². The van der Waals surface area contributed by atoms with Crippen LogP contribution in [-0.4, -0.2) is 22.2 Å². The van der Waals surface area contributed by atoms with Crippen molar-refractivity contribution in [3.63, 3.8) is 0 Å². The Kier molecular flexibility index (Phi) is 3.98. The van der Waals surface area contributed by atoms with E-state index in [9.17, 15) is 9.59 Å². The number of nitrogens with two attached hydrogens (primary N) is 1. The van der Waals surface area contributed by atoms with Crippen LogP contribution in [0.25, 0.3) is 0 Å². The van der Waals surface area contributed by atoms with Gasteiger partial charge >= 0.3 is 5.69 Å². The molecule has 100 valence electrons. The minimum absolute atomic E-state index is 0.00320. The molecular formula is C12H19N3O3. The molecule has 1 aliphatic rings. The number of nitrogens with one attached hydrogen (secondary N) is 1. The van der Waals surface area contributed by atoms with Gasteiger partial charge < -0.3 is 10.5 Å². The lowest BCUT2D eigenvalue weighted by molar-refractivity contribution is 0.00344. The average molecular weight is 253 g/mol. The standard InChI is InChI=1S/C12H19N3O3/c1-2-3-8-7-15(12(17)14-11(8)16)10-5-4-9(6-13)18-10/h7,9-10H,2-6,13H2,1H3,(H,14,16,17)/t9-,10+/m0/s1. The summed E-state index contributed by atoms with van der Waals surface area (Å²) in [6.45, 7) is 2.45. The zero-order chi connectivity index (χ0) is 13.1. The molecule has 3 N–H and O–H groups in total. The first-order chi connectivity index (χ1) is 8.65. The van der Waals surface area contributed by atoms with Crippen molar-refractivity contribution in [2.45, 2.75) is 44.9 Å². The van der Waals surface area contributed by atoms with Gasteiger partial charge in [-0.05, 0) is 19.3 Å². The molecule has 1 fully saturated rings. The Bertz CT molecular complexity index is 520. The first kappa shape index (κ1) is 13.0. The summed E-state index contributed by atoms with van der Waals surface area (Å²) in [5.74, 6) is 0. The van der Waals surface area contributed by atoms with Gasteiger partial charge in [-0.15, -0.1) is 0 Å². The highest BCUT2D eigenvalue weighted by Crippen LogP contribution is 2.26. The Morgan fingerprint density at radius 2 is 2.28 bits per heavy atom. The molecule has 1 aromatic heterocycles. The van der Waals surface area contributed by atoms with Crippen LogP contribution < -0.4 is 17.0 Å². The third-order valence-corrected chi connectivity index (χ3v) is 3.22. The first-order valence-corrected chi connectivity index (χ1v) is 6.35. The second-order valence-electron chi connectivity index (χ2n) is 4.60. The third-order valence-electron chi connectivity index (χ3n) is 3.22. The zero-order valence-electron chi connectivity index (χ0n) is 10.5. The van der Waals surface area contributed by atoms with E-state index in [0.717, 1.165) is 19.3 Å². The number of nitrogens with zero attached hydrogens (tertiary/aromatic N) is 1. The minimum Gasteiger partial charge on any atom is -0.353 e. The molecule has 0 spiro atoms. The average Bonchev–Trinajstić information content (AvgIpc) is 2.81. The predicted octanol–water partition coefficient (Wildman–Crippen LogP) is 0.125. The SMILES string of the molecule is CCCc1cn([C@H]2CC[C@@H](CN)O2)c(=O)[nH]c1=O. The summed E-state index contributed by atoms with van der Waals surface area (Å²) >= 11 is 0. The second kappa shape index (κ2) is 5.49. The van der Waals surface area contributed by atoms with Crippen molar-refractivity contribution in [1.29, 1.82) is 0 Å². The van der Waals surface area contributed by atoms with Crippen molar-refractivity contribution >= 4 is 0 Å². The topological polar surface area (TPSA) is 90.1 Å². The van der Waals surface area contributed by atoms with E-state index in [2.05, 4.69) is 4.98 Å². The normalized spacial score (nSPS) is 23.4. The monoisotopic (exact) mass is 253 g/mol. The number of aromatic nitrogens is 2. The van der Waals surface area contributed by atoms with Crippen LogP contribution in [0.4, 0.5) is 0 Å². The van der Waals surface area contributed by atoms with Gasteiger partial charge in [-0.3, -0.25) is 14.3 Å². The Labute approximate surface area is 105 Å². The van der Waals surface area contributed by atoms with Crippen LogP contribution in [0.1, 0.15) is 38.0 Å². The maximum absolute atomic E-state index is 11.8. The maximum atomic E-state index is 11.8. The van der Waals surface area contributed by atoms with E-state index >= 15 is 0 Å². The lowest BCUT2D eigenvalue weighted by Gasteiger charge is -2.15. The number of aryl methyl sites for hydroxylation is 1. The van der Waals surface area contributed by atoms with Crippen LogP contribution in [0.3, 0.4) is 0 Å². The molecule has 0 aromatic carbocycles. The Balaban J connectivity index is 2.30. The van der Waals surface area contributed by atoms with Gasteiger partial charge in [-0.1, -0.05) is 13.3 Å². The minimum atomic E-state index is -0.414. The molecule has 2 rings (SSSR count). The van der Waals surface area contributed by atoms with Gasteiger partial charge in [-0.2, -0.15) is 0 Å². The molecule has 18 heavy (non-hydrogen) atoms. The maximum Gasteiger partial charge on any atom is 0.330 e. The van der Waals surface area contributed by atoms with E-state index in [-0.39, 0.29) is 17.9 Å². The molecule has 1 aromatic rings. The summed E-state index contributed by atoms with van der Waals surface area (Å²) in [6.07, 6.45) is 4.42. The van der Waals surface area contributed by atoms with Crippen LogP contribution in [-0.2, 0) is 11.2 Å². The second-order valence-corrected chi connectivity index (χ2v) is 4.60. The van der Waals surface area contributed by atoms with Gasteiger partial charge in [0.05, 0.1) is 6.10 Å². The van der Waals surface area contributed by atoms with Crippen molar-refractivity contribution in [1.82, 2.24) is 9.55 Å². The van der Waals surface area contributed by atoms with E-state index in [0.29, 0.717) is 18.5 Å². The predicted molar refractivity (Wildman–Crippen MR) is 67.5 cm³/mol. The number of hydrogen-bond donors (Lipinski definition) is 2. The Morgan fingerprint density at radius 3 is 2.89 bits per heavy atom. The largest absolute Gasteiger partial charge is 0.353 e. The third kappa shape index (κ3) is 2.54. The molecule has 0 amide bonds. The van der Waals surface area contributed by atoms with Gasteiger partial charge in [0.2, 0.25) is 0 Å². The van der Waals surface area contributed by atoms with Crippen LogP contribution in [0, 0.1) is 0 Å². The molecule has 0 aliphatic carbocycles. The van der Waals surface area contributed by atoms with E-state index in [1.54, 1.807) is 6.20 Å². The molecule has 1 saturated heterocycles. The summed E-state index contributed by atoms with van der Waals surface area (Å²) in [5.41, 5.74) is 5.45.